The molecule has 0 saturated carbocycles. The summed E-state index contributed by atoms with van der Waals surface area (Å²) in [5, 5.41) is 17.4. The molecule has 0 bridgehead atoms. The number of hydrogen-bond donors (Lipinski definition) is 2. The second-order valence-corrected chi connectivity index (χ2v) is 4.94. The van der Waals surface area contributed by atoms with Gasteiger partial charge < -0.3 is 15.2 Å². The number of methoxy groups -OCH3 is 1. The maximum atomic E-state index is 9.86. The van der Waals surface area contributed by atoms with Crippen LogP contribution in [0.5, 0.6) is 11.5 Å². The maximum Gasteiger partial charge on any atom is 0.120 e. The van der Waals surface area contributed by atoms with E-state index in [2.05, 4.69) is 22.1 Å². The average Bonchev–Trinajstić information content (AvgIpc) is 2.89. The predicted octanol–water partition coefficient (Wildman–Crippen LogP) is 3.31. The molecular weight excluding hydrogens is 246 g/mol. The number of rotatable bonds is 5. The molecule has 0 spiro atoms. The molecule has 96 valence electrons. The molecule has 1 heterocycles. The lowest BCUT2D eigenvalue weighted by Crippen LogP contribution is -2.17. The molecule has 0 amide bonds. The lowest BCUT2D eigenvalue weighted by Gasteiger charge is -2.16. The van der Waals surface area contributed by atoms with Crippen LogP contribution in [0.2, 0.25) is 0 Å². The molecule has 0 radical (unpaired) electrons. The van der Waals surface area contributed by atoms with Crippen molar-refractivity contribution in [3.63, 3.8) is 0 Å². The number of thiophene rings is 1. The minimum Gasteiger partial charge on any atom is -0.508 e. The average molecular weight is 263 g/mol. The third kappa shape index (κ3) is 3.03. The molecule has 18 heavy (non-hydrogen) atoms. The summed E-state index contributed by atoms with van der Waals surface area (Å²) < 4.78 is 5.17. The van der Waals surface area contributed by atoms with Crippen LogP contribution in [0.3, 0.4) is 0 Å². The van der Waals surface area contributed by atoms with Gasteiger partial charge in [0.15, 0.2) is 0 Å². The van der Waals surface area contributed by atoms with Crippen molar-refractivity contribution in [3.8, 4) is 11.5 Å². The predicted molar refractivity (Wildman–Crippen MR) is 74.2 cm³/mol. The van der Waals surface area contributed by atoms with Gasteiger partial charge >= 0.3 is 0 Å². The van der Waals surface area contributed by atoms with Gasteiger partial charge in [-0.1, -0.05) is 0 Å². The summed E-state index contributed by atoms with van der Waals surface area (Å²) >= 11 is 1.69. The number of phenolic OH excluding ortho intramolecular Hbond substituents is 1. The van der Waals surface area contributed by atoms with Gasteiger partial charge in [-0.2, -0.15) is 11.3 Å². The number of phenols is 1. The van der Waals surface area contributed by atoms with Crippen LogP contribution in [0.25, 0.3) is 0 Å². The van der Waals surface area contributed by atoms with E-state index < -0.39 is 0 Å². The van der Waals surface area contributed by atoms with Crippen molar-refractivity contribution in [1.29, 1.82) is 0 Å². The van der Waals surface area contributed by atoms with E-state index in [-0.39, 0.29) is 6.04 Å². The molecule has 1 atom stereocenters. The van der Waals surface area contributed by atoms with E-state index in [0.29, 0.717) is 5.75 Å². The number of benzene rings is 1. The topological polar surface area (TPSA) is 41.5 Å². The van der Waals surface area contributed by atoms with E-state index in [1.807, 2.05) is 13.0 Å². The Kier molecular flexibility index (Phi) is 4.23. The number of aromatic hydroxyl groups is 1. The second kappa shape index (κ2) is 5.89. The zero-order valence-electron chi connectivity index (χ0n) is 10.5. The van der Waals surface area contributed by atoms with Gasteiger partial charge in [-0.15, -0.1) is 0 Å². The summed E-state index contributed by atoms with van der Waals surface area (Å²) in [6, 6.07) is 7.44. The maximum absolute atomic E-state index is 9.86. The van der Waals surface area contributed by atoms with Gasteiger partial charge in [-0.25, -0.2) is 0 Å². The van der Waals surface area contributed by atoms with Crippen molar-refractivity contribution in [2.45, 2.75) is 19.5 Å². The van der Waals surface area contributed by atoms with Gasteiger partial charge in [0.2, 0.25) is 0 Å². The fraction of sp³-hybridized carbons (Fsp3) is 0.286. The molecule has 1 aromatic carbocycles. The Morgan fingerprint density at radius 2 is 2.22 bits per heavy atom. The highest BCUT2D eigenvalue weighted by Gasteiger charge is 2.11. The molecule has 0 aliphatic carbocycles. The zero-order valence-corrected chi connectivity index (χ0v) is 11.3. The van der Waals surface area contributed by atoms with Crippen molar-refractivity contribution < 1.29 is 9.84 Å². The third-order valence-electron chi connectivity index (χ3n) is 2.89. The standard InChI is InChI=1S/C14H17NO2S/c1-10(15-8-11-5-6-18-9-11)13-7-12(17-2)3-4-14(13)16/h3-7,9-10,15-16H,8H2,1-2H3/t10-/m1/s1. The fourth-order valence-electron chi connectivity index (χ4n) is 1.78. The van der Waals surface area contributed by atoms with E-state index in [9.17, 15) is 5.11 Å². The van der Waals surface area contributed by atoms with Crippen molar-refractivity contribution >= 4 is 11.3 Å². The molecule has 0 fully saturated rings. The zero-order chi connectivity index (χ0) is 13.0. The van der Waals surface area contributed by atoms with E-state index in [4.69, 9.17) is 4.74 Å². The minimum absolute atomic E-state index is 0.0694. The molecule has 0 unspecified atom stereocenters. The largest absolute Gasteiger partial charge is 0.508 e. The highest BCUT2D eigenvalue weighted by molar-refractivity contribution is 7.07. The lowest BCUT2D eigenvalue weighted by molar-refractivity contribution is 0.407. The monoisotopic (exact) mass is 263 g/mol. The van der Waals surface area contributed by atoms with Crippen molar-refractivity contribution in [1.82, 2.24) is 5.32 Å². The van der Waals surface area contributed by atoms with Gasteiger partial charge in [-0.05, 0) is 47.5 Å². The summed E-state index contributed by atoms with van der Waals surface area (Å²) in [7, 11) is 1.62. The summed E-state index contributed by atoms with van der Waals surface area (Å²) in [5.74, 6) is 1.05. The molecule has 4 heteroatoms. The van der Waals surface area contributed by atoms with Crippen LogP contribution in [0.4, 0.5) is 0 Å². The molecule has 0 aliphatic rings. The molecule has 3 nitrogen and oxygen atoms in total. The van der Waals surface area contributed by atoms with Crippen LogP contribution in [0, 0.1) is 0 Å². The Morgan fingerprint density at radius 1 is 1.39 bits per heavy atom. The van der Waals surface area contributed by atoms with Crippen molar-refractivity contribution in [2.75, 3.05) is 7.11 Å². The van der Waals surface area contributed by atoms with Crippen LogP contribution < -0.4 is 10.1 Å². The first-order valence-electron chi connectivity index (χ1n) is 5.82. The van der Waals surface area contributed by atoms with Crippen LogP contribution in [0.1, 0.15) is 24.1 Å². The van der Waals surface area contributed by atoms with Crippen LogP contribution in [-0.4, -0.2) is 12.2 Å². The van der Waals surface area contributed by atoms with Crippen LogP contribution >= 0.6 is 11.3 Å². The lowest BCUT2D eigenvalue weighted by atomic mass is 10.1. The van der Waals surface area contributed by atoms with Gasteiger partial charge in [0.25, 0.3) is 0 Å². The summed E-state index contributed by atoms with van der Waals surface area (Å²) in [5.41, 5.74) is 2.11. The quantitative estimate of drug-likeness (QED) is 0.869. The molecule has 1 aromatic heterocycles. The third-order valence-corrected chi connectivity index (χ3v) is 3.63. The first-order valence-corrected chi connectivity index (χ1v) is 6.76. The first kappa shape index (κ1) is 12.9. The minimum atomic E-state index is 0.0694. The van der Waals surface area contributed by atoms with E-state index in [1.165, 1.54) is 5.56 Å². The second-order valence-electron chi connectivity index (χ2n) is 4.16. The Hall–Kier alpha value is -1.52. The molecular formula is C14H17NO2S. The highest BCUT2D eigenvalue weighted by Crippen LogP contribution is 2.28. The molecule has 2 N–H and O–H groups in total. The summed E-state index contributed by atoms with van der Waals surface area (Å²) in [6.45, 7) is 2.82. The van der Waals surface area contributed by atoms with E-state index >= 15 is 0 Å². The smallest absolute Gasteiger partial charge is 0.120 e. The Balaban J connectivity index is 2.05. The number of nitrogens with one attached hydrogen (secondary N) is 1. The Bertz CT molecular complexity index is 497. The van der Waals surface area contributed by atoms with Crippen LogP contribution in [0.15, 0.2) is 35.0 Å². The normalized spacial score (nSPS) is 12.3. The van der Waals surface area contributed by atoms with Crippen molar-refractivity contribution in [2.24, 2.45) is 0 Å². The highest BCUT2D eigenvalue weighted by atomic mass is 32.1. The Labute approximate surface area is 111 Å². The van der Waals surface area contributed by atoms with Crippen LogP contribution in [-0.2, 0) is 6.54 Å². The molecule has 2 aromatic rings. The SMILES string of the molecule is COc1ccc(O)c([C@@H](C)NCc2ccsc2)c1. The Morgan fingerprint density at radius 3 is 2.89 bits per heavy atom. The molecule has 0 saturated heterocycles. The van der Waals surface area contributed by atoms with Gasteiger partial charge in [-0.3, -0.25) is 0 Å². The fourth-order valence-corrected chi connectivity index (χ4v) is 2.45. The van der Waals surface area contributed by atoms with E-state index in [1.54, 1.807) is 30.6 Å². The molecule has 2 rings (SSSR count). The van der Waals surface area contributed by atoms with E-state index in [0.717, 1.165) is 17.9 Å². The first-order chi connectivity index (χ1) is 8.70. The van der Waals surface area contributed by atoms with Gasteiger partial charge in [0.05, 0.1) is 7.11 Å². The van der Waals surface area contributed by atoms with Crippen molar-refractivity contribution in [3.05, 3.63) is 46.2 Å². The summed E-state index contributed by atoms with van der Waals surface area (Å²) in [4.78, 5) is 0. The number of hydrogen-bond acceptors (Lipinski definition) is 4. The number of ether oxygens (including phenoxy) is 1. The molecule has 0 aliphatic heterocycles. The van der Waals surface area contributed by atoms with Gasteiger partial charge in [0, 0.05) is 18.2 Å². The van der Waals surface area contributed by atoms with Gasteiger partial charge in [0.1, 0.15) is 11.5 Å². The summed E-state index contributed by atoms with van der Waals surface area (Å²) in [6.07, 6.45) is 0.